The number of benzene rings is 3. The molecule has 0 aliphatic heterocycles. The second kappa shape index (κ2) is 11.4. The number of rotatable bonds is 11. The summed E-state index contributed by atoms with van der Waals surface area (Å²) < 4.78 is 0. The minimum absolute atomic E-state index is 0.0130. The minimum Gasteiger partial charge on any atom is -0.508 e. The number of hydrogen-bond acceptors (Lipinski definition) is 6. The first kappa shape index (κ1) is 25.0. The predicted octanol–water partition coefficient (Wildman–Crippen LogP) is 4.11. The Morgan fingerprint density at radius 3 is 2.18 bits per heavy atom. The van der Waals surface area contributed by atoms with E-state index in [9.17, 15) is 24.9 Å². The lowest BCUT2D eigenvalue weighted by Gasteiger charge is -2.15. The molecule has 0 fully saturated rings. The highest BCUT2D eigenvalue weighted by Crippen LogP contribution is 2.32. The molecular weight excluding hydrogens is 432 g/mol. The summed E-state index contributed by atoms with van der Waals surface area (Å²) in [4.78, 5) is 24.3. The molecule has 7 heteroatoms. The molecule has 5 N–H and O–H groups in total. The molecule has 0 heterocycles. The maximum absolute atomic E-state index is 12.6. The Hall–Kier alpha value is -3.68. The maximum Gasteiger partial charge on any atom is 0.325 e. The third-order valence-electron chi connectivity index (χ3n) is 5.56. The van der Waals surface area contributed by atoms with Crippen LogP contribution in [-0.2, 0) is 17.9 Å². The van der Waals surface area contributed by atoms with Crippen molar-refractivity contribution in [2.75, 3.05) is 6.54 Å². The Bertz CT molecular complexity index is 1150. The molecule has 0 saturated carbocycles. The lowest BCUT2D eigenvalue weighted by Crippen LogP contribution is -2.28. The average molecular weight is 463 g/mol. The highest BCUT2D eigenvalue weighted by Gasteiger charge is 2.19. The molecular formula is C27H30N2O5. The topological polar surface area (TPSA) is 119 Å². The third kappa shape index (κ3) is 6.43. The number of carboxylic acid groups (broad SMARTS) is 1. The lowest BCUT2D eigenvalue weighted by atomic mass is 9.97. The summed E-state index contributed by atoms with van der Waals surface area (Å²) in [7, 11) is 0. The molecule has 0 aliphatic rings. The van der Waals surface area contributed by atoms with Gasteiger partial charge >= 0.3 is 5.97 Å². The Morgan fingerprint density at radius 2 is 1.53 bits per heavy atom. The third-order valence-corrected chi connectivity index (χ3v) is 5.56. The molecule has 0 aromatic heterocycles. The van der Waals surface area contributed by atoms with E-state index in [0.29, 0.717) is 24.2 Å². The summed E-state index contributed by atoms with van der Waals surface area (Å²) in [6.45, 7) is 4.62. The average Bonchev–Trinajstić information content (AvgIpc) is 2.79. The van der Waals surface area contributed by atoms with Gasteiger partial charge in [-0.25, -0.2) is 0 Å². The smallest absolute Gasteiger partial charge is 0.325 e. The molecule has 0 radical (unpaired) electrons. The van der Waals surface area contributed by atoms with Crippen molar-refractivity contribution >= 4 is 11.8 Å². The highest BCUT2D eigenvalue weighted by molar-refractivity contribution is 6.00. The Labute approximate surface area is 199 Å². The van der Waals surface area contributed by atoms with Gasteiger partial charge in [0.05, 0.1) is 12.1 Å². The summed E-state index contributed by atoms with van der Waals surface area (Å²) in [5.74, 6) is -1.47. The summed E-state index contributed by atoms with van der Waals surface area (Å²) >= 11 is 0. The molecule has 3 rings (SSSR count). The molecule has 0 saturated heterocycles. The quantitative estimate of drug-likeness (QED) is 0.272. The number of aromatic hydroxyl groups is 2. The zero-order chi connectivity index (χ0) is 24.7. The van der Waals surface area contributed by atoms with Gasteiger partial charge in [0, 0.05) is 19.2 Å². The zero-order valence-electron chi connectivity index (χ0n) is 19.3. The number of nitrogens with one attached hydrogen (secondary N) is 2. The fraction of sp³-hybridized carbons (Fsp3) is 0.259. The van der Waals surface area contributed by atoms with Crippen molar-refractivity contribution in [1.29, 1.82) is 0 Å². The number of hydrogen-bond donors (Lipinski definition) is 5. The van der Waals surface area contributed by atoms with E-state index in [1.54, 1.807) is 12.1 Å². The van der Waals surface area contributed by atoms with E-state index < -0.39 is 12.0 Å². The largest absolute Gasteiger partial charge is 0.508 e. The van der Waals surface area contributed by atoms with Crippen LogP contribution in [0.5, 0.6) is 11.5 Å². The molecule has 3 aromatic rings. The van der Waals surface area contributed by atoms with Gasteiger partial charge in [0.1, 0.15) is 17.5 Å². The van der Waals surface area contributed by atoms with E-state index in [4.69, 9.17) is 0 Å². The SMILES string of the molecule is CC(C)c1cc(C(=O)CNCc2cccc(CNC(C(=O)O)c3ccccc3)c2)c(O)cc1O. The van der Waals surface area contributed by atoms with Gasteiger partial charge in [-0.1, -0.05) is 68.4 Å². The number of phenolic OH excluding ortho intramolecular Hbond substituents is 2. The van der Waals surface area contributed by atoms with Crippen molar-refractivity contribution in [3.05, 3.63) is 94.5 Å². The number of ketones is 1. The molecule has 0 bridgehead atoms. The Morgan fingerprint density at radius 1 is 0.853 bits per heavy atom. The monoisotopic (exact) mass is 462 g/mol. The van der Waals surface area contributed by atoms with Crippen LogP contribution in [0.25, 0.3) is 0 Å². The maximum atomic E-state index is 12.6. The van der Waals surface area contributed by atoms with Crippen molar-refractivity contribution in [2.45, 2.75) is 38.9 Å². The molecule has 1 atom stereocenters. The molecule has 7 nitrogen and oxygen atoms in total. The number of phenols is 2. The first-order chi connectivity index (χ1) is 16.3. The van der Waals surface area contributed by atoms with Crippen molar-refractivity contribution in [3.8, 4) is 11.5 Å². The van der Waals surface area contributed by atoms with Crippen LogP contribution in [0.4, 0.5) is 0 Å². The summed E-state index contributed by atoms with van der Waals surface area (Å²) in [5, 5.41) is 35.8. The van der Waals surface area contributed by atoms with Crippen LogP contribution in [0.2, 0.25) is 0 Å². The van der Waals surface area contributed by atoms with E-state index in [1.807, 2.05) is 56.3 Å². The number of Topliss-reactive ketones (excluding diaryl/α,β-unsaturated/α-hetero) is 1. The molecule has 3 aromatic carbocycles. The van der Waals surface area contributed by atoms with Crippen molar-refractivity contribution in [2.24, 2.45) is 0 Å². The van der Waals surface area contributed by atoms with Crippen molar-refractivity contribution in [3.63, 3.8) is 0 Å². The fourth-order valence-corrected chi connectivity index (χ4v) is 3.76. The Balaban J connectivity index is 1.58. The predicted molar refractivity (Wildman–Crippen MR) is 130 cm³/mol. The highest BCUT2D eigenvalue weighted by atomic mass is 16.4. The lowest BCUT2D eigenvalue weighted by molar-refractivity contribution is -0.139. The van der Waals surface area contributed by atoms with Gasteiger partial charge in [0.2, 0.25) is 0 Å². The van der Waals surface area contributed by atoms with Crippen LogP contribution < -0.4 is 10.6 Å². The fourth-order valence-electron chi connectivity index (χ4n) is 3.76. The summed E-state index contributed by atoms with van der Waals surface area (Å²) in [6.07, 6.45) is 0. The number of aliphatic carboxylic acids is 1. The van der Waals surface area contributed by atoms with E-state index >= 15 is 0 Å². The van der Waals surface area contributed by atoms with E-state index in [-0.39, 0.29) is 35.3 Å². The molecule has 0 amide bonds. The van der Waals surface area contributed by atoms with Crippen LogP contribution in [-0.4, -0.2) is 33.6 Å². The van der Waals surface area contributed by atoms with Crippen LogP contribution in [0.3, 0.4) is 0 Å². The van der Waals surface area contributed by atoms with Gasteiger partial charge in [-0.05, 0) is 34.2 Å². The van der Waals surface area contributed by atoms with Crippen LogP contribution in [0.1, 0.15) is 58.4 Å². The van der Waals surface area contributed by atoms with Gasteiger partial charge in [0.25, 0.3) is 0 Å². The van der Waals surface area contributed by atoms with Crippen LogP contribution >= 0.6 is 0 Å². The first-order valence-corrected chi connectivity index (χ1v) is 11.1. The molecule has 1 unspecified atom stereocenters. The van der Waals surface area contributed by atoms with Gasteiger partial charge in [-0.15, -0.1) is 0 Å². The van der Waals surface area contributed by atoms with E-state index in [0.717, 1.165) is 11.1 Å². The van der Waals surface area contributed by atoms with Crippen LogP contribution in [0.15, 0.2) is 66.7 Å². The zero-order valence-corrected chi connectivity index (χ0v) is 19.3. The molecule has 0 spiro atoms. The number of carbonyl (C=O) groups is 2. The van der Waals surface area contributed by atoms with E-state index in [2.05, 4.69) is 10.6 Å². The summed E-state index contributed by atoms with van der Waals surface area (Å²) in [5.41, 5.74) is 3.33. The van der Waals surface area contributed by atoms with Crippen molar-refractivity contribution in [1.82, 2.24) is 10.6 Å². The standard InChI is InChI=1S/C27H30N2O5/c1-17(2)21-12-22(24(31)13-23(21)30)25(32)16-28-14-18-7-6-8-19(11-18)15-29-26(27(33)34)20-9-4-3-5-10-20/h3-13,17,26,28-31H,14-16H2,1-2H3,(H,33,34). The van der Waals surface area contributed by atoms with Gasteiger partial charge in [-0.2, -0.15) is 0 Å². The molecule has 0 aliphatic carbocycles. The minimum atomic E-state index is -0.944. The van der Waals surface area contributed by atoms with Crippen molar-refractivity contribution < 1.29 is 24.9 Å². The number of carboxylic acids is 1. The van der Waals surface area contributed by atoms with Crippen LogP contribution in [0, 0.1) is 0 Å². The summed E-state index contributed by atoms with van der Waals surface area (Å²) in [6, 6.07) is 18.6. The first-order valence-electron chi connectivity index (χ1n) is 11.1. The second-order valence-electron chi connectivity index (χ2n) is 8.49. The molecule has 178 valence electrons. The van der Waals surface area contributed by atoms with E-state index in [1.165, 1.54) is 12.1 Å². The Kier molecular flexibility index (Phi) is 8.40. The van der Waals surface area contributed by atoms with Gasteiger partial charge < -0.3 is 20.6 Å². The van der Waals surface area contributed by atoms with Gasteiger partial charge in [-0.3, -0.25) is 14.9 Å². The molecule has 34 heavy (non-hydrogen) atoms. The second-order valence-corrected chi connectivity index (χ2v) is 8.49. The van der Waals surface area contributed by atoms with Gasteiger partial charge in [0.15, 0.2) is 5.78 Å². The number of carbonyl (C=O) groups excluding carboxylic acids is 1. The normalized spacial score (nSPS) is 12.0.